The van der Waals surface area contributed by atoms with Gasteiger partial charge >= 0.3 is 11.8 Å². The van der Waals surface area contributed by atoms with Crippen LogP contribution in [0, 0.1) is 0 Å². The van der Waals surface area contributed by atoms with Gasteiger partial charge in [0.25, 0.3) is 5.91 Å². The maximum atomic E-state index is 13.7. The van der Waals surface area contributed by atoms with Gasteiger partial charge in [0.05, 0.1) is 30.4 Å². The molecule has 39 heavy (non-hydrogen) atoms. The van der Waals surface area contributed by atoms with E-state index in [0.29, 0.717) is 29.0 Å². The fourth-order valence-electron chi connectivity index (χ4n) is 5.39. The highest BCUT2D eigenvalue weighted by molar-refractivity contribution is 6.00. The van der Waals surface area contributed by atoms with E-state index in [0.717, 1.165) is 24.0 Å². The van der Waals surface area contributed by atoms with Crippen molar-refractivity contribution in [2.75, 3.05) is 18.6 Å². The minimum Gasteiger partial charge on any atom is -0.497 e. The molecule has 5 rings (SSSR count). The third-order valence-corrected chi connectivity index (χ3v) is 7.32. The zero-order chi connectivity index (χ0) is 28.1. The van der Waals surface area contributed by atoms with Gasteiger partial charge in [0.1, 0.15) is 17.4 Å². The monoisotopic (exact) mass is 534 g/mol. The predicted octanol–water partition coefficient (Wildman–Crippen LogP) is 3.93. The fraction of sp³-hybridized carbons (Fsp3) is 0.448. The van der Waals surface area contributed by atoms with E-state index in [2.05, 4.69) is 0 Å². The van der Waals surface area contributed by atoms with Crippen molar-refractivity contribution in [2.24, 2.45) is 7.05 Å². The summed E-state index contributed by atoms with van der Waals surface area (Å²) in [6.45, 7) is 6.12. The zero-order valence-electron chi connectivity index (χ0n) is 23.0. The van der Waals surface area contributed by atoms with Gasteiger partial charge in [0, 0.05) is 20.0 Å². The molecular formula is C29H34N4O6. The Morgan fingerprint density at radius 2 is 1.74 bits per heavy atom. The van der Waals surface area contributed by atoms with Crippen LogP contribution in [0.15, 0.2) is 41.2 Å². The summed E-state index contributed by atoms with van der Waals surface area (Å²) in [7, 11) is 3.23. The van der Waals surface area contributed by atoms with Crippen molar-refractivity contribution in [3.63, 3.8) is 0 Å². The molecule has 3 heterocycles. The number of aryl methyl sites for hydroxylation is 2. The van der Waals surface area contributed by atoms with Gasteiger partial charge < -0.3 is 9.47 Å². The molecular weight excluding hydrogens is 500 g/mol. The first-order valence-corrected chi connectivity index (χ1v) is 13.2. The number of fused-ring (bicyclic) bond motifs is 2. The van der Waals surface area contributed by atoms with Crippen molar-refractivity contribution in [1.29, 1.82) is 0 Å². The summed E-state index contributed by atoms with van der Waals surface area (Å²) in [5, 5.41) is 0. The molecule has 0 saturated carbocycles. The van der Waals surface area contributed by atoms with Crippen molar-refractivity contribution in [3.8, 4) is 5.75 Å². The number of imidazole rings is 1. The van der Waals surface area contributed by atoms with Crippen LogP contribution in [0.4, 0.5) is 10.5 Å². The van der Waals surface area contributed by atoms with E-state index in [1.807, 2.05) is 45.0 Å². The maximum absolute atomic E-state index is 13.7. The first-order chi connectivity index (χ1) is 18.5. The first-order valence-electron chi connectivity index (χ1n) is 13.2. The Hall–Kier alpha value is -4.08. The first kappa shape index (κ1) is 26.5. The summed E-state index contributed by atoms with van der Waals surface area (Å²) >= 11 is 0. The molecule has 3 aromatic rings. The van der Waals surface area contributed by atoms with Crippen molar-refractivity contribution in [2.45, 2.75) is 64.6 Å². The molecule has 0 N–H and O–H groups in total. The second kappa shape index (κ2) is 9.91. The normalized spacial score (nSPS) is 17.9. The highest BCUT2D eigenvalue weighted by Crippen LogP contribution is 2.35. The summed E-state index contributed by atoms with van der Waals surface area (Å²) in [5.41, 5.74) is 2.67. The Morgan fingerprint density at radius 3 is 2.41 bits per heavy atom. The number of anilines is 1. The van der Waals surface area contributed by atoms with Gasteiger partial charge in [0.2, 0.25) is 5.91 Å². The van der Waals surface area contributed by atoms with Gasteiger partial charge in [-0.25, -0.2) is 9.59 Å². The fourth-order valence-corrected chi connectivity index (χ4v) is 5.39. The average molecular weight is 535 g/mol. The summed E-state index contributed by atoms with van der Waals surface area (Å²) in [6, 6.07) is 10.1. The van der Waals surface area contributed by atoms with Crippen LogP contribution < -0.4 is 15.3 Å². The van der Waals surface area contributed by atoms with Crippen LogP contribution in [-0.2, 0) is 34.3 Å². The Kier molecular flexibility index (Phi) is 6.74. The smallest absolute Gasteiger partial charge is 0.414 e. The molecule has 1 aromatic heterocycles. The Balaban J connectivity index is 1.51. The summed E-state index contributed by atoms with van der Waals surface area (Å²) < 4.78 is 13.8. The molecule has 1 atom stereocenters. The van der Waals surface area contributed by atoms with Gasteiger partial charge in [-0.3, -0.25) is 28.5 Å². The zero-order valence-corrected chi connectivity index (χ0v) is 23.0. The number of hydrogen-bond acceptors (Lipinski definition) is 6. The molecule has 10 heteroatoms. The molecule has 2 aliphatic rings. The third kappa shape index (κ3) is 4.91. The van der Waals surface area contributed by atoms with E-state index >= 15 is 0 Å². The van der Waals surface area contributed by atoms with Gasteiger partial charge in [-0.15, -0.1) is 0 Å². The third-order valence-electron chi connectivity index (χ3n) is 7.32. The van der Waals surface area contributed by atoms with E-state index in [1.165, 1.54) is 14.0 Å². The minimum atomic E-state index is -0.805. The minimum absolute atomic E-state index is 0.123. The molecule has 2 aromatic carbocycles. The number of nitrogens with zero attached hydrogens (tertiary/aromatic N) is 4. The molecule has 0 aliphatic carbocycles. The van der Waals surface area contributed by atoms with Crippen molar-refractivity contribution in [3.05, 3.63) is 58.0 Å². The lowest BCUT2D eigenvalue weighted by Gasteiger charge is -2.32. The molecule has 0 spiro atoms. The quantitative estimate of drug-likeness (QED) is 0.470. The Bertz CT molecular complexity index is 1510. The standard InChI is InChI=1S/C29H34N4O6/c1-29(2,3)39-28(37)31-14-6-7-19-15-24-23(16-22(19)31)30(4)27(36)33(24)21-12-13-25(34)32(26(21)35)17-18-8-10-20(38-5)11-9-18/h8-11,15-16,21H,6-7,12-14,17H2,1-5H3. The topological polar surface area (TPSA) is 103 Å². The van der Waals surface area contributed by atoms with Crippen LogP contribution >= 0.6 is 0 Å². The van der Waals surface area contributed by atoms with Gasteiger partial charge in [0.15, 0.2) is 0 Å². The molecule has 3 amide bonds. The van der Waals surface area contributed by atoms with E-state index < -0.39 is 23.6 Å². The van der Waals surface area contributed by atoms with Crippen LogP contribution in [0.1, 0.15) is 57.2 Å². The van der Waals surface area contributed by atoms with Crippen molar-refractivity contribution >= 4 is 34.6 Å². The number of imide groups is 1. The van der Waals surface area contributed by atoms with Crippen LogP contribution in [0.2, 0.25) is 0 Å². The highest BCUT2D eigenvalue weighted by Gasteiger charge is 2.38. The number of methoxy groups -OCH3 is 1. The van der Waals surface area contributed by atoms with Crippen molar-refractivity contribution in [1.82, 2.24) is 14.0 Å². The lowest BCUT2D eigenvalue weighted by atomic mass is 9.99. The summed E-state index contributed by atoms with van der Waals surface area (Å²) in [6.07, 6.45) is 1.46. The molecule has 206 valence electrons. The predicted molar refractivity (Wildman–Crippen MR) is 146 cm³/mol. The molecule has 1 unspecified atom stereocenters. The number of amides is 3. The number of aromatic nitrogens is 2. The molecule has 10 nitrogen and oxygen atoms in total. The highest BCUT2D eigenvalue weighted by atomic mass is 16.6. The number of carbonyl (C=O) groups is 3. The molecule has 2 aliphatic heterocycles. The lowest BCUT2D eigenvalue weighted by molar-refractivity contribution is -0.151. The summed E-state index contributed by atoms with van der Waals surface area (Å²) in [5.74, 6) is 0.0271. The average Bonchev–Trinajstić information content (AvgIpc) is 3.13. The molecule has 1 fully saturated rings. The number of likely N-dealkylation sites (tertiary alicyclic amines) is 1. The van der Waals surface area contributed by atoms with Crippen LogP contribution in [-0.4, -0.2) is 51.2 Å². The number of ether oxygens (including phenoxy) is 2. The van der Waals surface area contributed by atoms with Gasteiger partial charge in [-0.2, -0.15) is 0 Å². The van der Waals surface area contributed by atoms with Crippen LogP contribution in [0.5, 0.6) is 5.75 Å². The Labute approximate surface area is 226 Å². The van der Waals surface area contributed by atoms with Crippen LogP contribution in [0.3, 0.4) is 0 Å². The molecule has 1 saturated heterocycles. The van der Waals surface area contributed by atoms with Crippen molar-refractivity contribution < 1.29 is 23.9 Å². The van der Waals surface area contributed by atoms with Gasteiger partial charge in [-0.1, -0.05) is 12.1 Å². The number of carbonyl (C=O) groups excluding carboxylic acids is 3. The van der Waals surface area contributed by atoms with E-state index in [9.17, 15) is 19.2 Å². The molecule has 0 bridgehead atoms. The Morgan fingerprint density at radius 1 is 1.03 bits per heavy atom. The number of rotatable bonds is 4. The largest absolute Gasteiger partial charge is 0.497 e. The number of piperidine rings is 1. The second-order valence-corrected chi connectivity index (χ2v) is 11.1. The lowest BCUT2D eigenvalue weighted by Crippen LogP contribution is -2.47. The number of benzene rings is 2. The number of hydrogen-bond donors (Lipinski definition) is 0. The SMILES string of the molecule is COc1ccc(CN2C(=O)CCC(n3c(=O)n(C)c4cc5c(cc43)CCCN5C(=O)OC(C)(C)C)C2=O)cc1. The van der Waals surface area contributed by atoms with E-state index in [4.69, 9.17) is 9.47 Å². The van der Waals surface area contributed by atoms with Gasteiger partial charge in [-0.05, 0) is 75.4 Å². The maximum Gasteiger partial charge on any atom is 0.414 e. The van der Waals surface area contributed by atoms with E-state index in [1.54, 1.807) is 31.2 Å². The van der Waals surface area contributed by atoms with E-state index in [-0.39, 0.29) is 31.0 Å². The molecule has 0 radical (unpaired) electrons. The van der Waals surface area contributed by atoms with Crippen LogP contribution in [0.25, 0.3) is 11.0 Å². The summed E-state index contributed by atoms with van der Waals surface area (Å²) in [4.78, 5) is 55.8. The second-order valence-electron chi connectivity index (χ2n) is 11.1.